The number of hydrogen-bond donors (Lipinski definition) is 0. The van der Waals surface area contributed by atoms with Crippen LogP contribution in [0.1, 0.15) is 0 Å². The molecule has 258 valence electrons. The van der Waals surface area contributed by atoms with Gasteiger partial charge in [0.25, 0.3) is 0 Å². The molecule has 0 aliphatic rings. The average molecular weight is 704 g/mol. The zero-order valence-electron chi connectivity index (χ0n) is 29.8. The Kier molecular flexibility index (Phi) is 8.12. The number of benzene rings is 8. The minimum atomic E-state index is 0.591. The van der Waals surface area contributed by atoms with Crippen molar-refractivity contribution in [3.63, 3.8) is 0 Å². The van der Waals surface area contributed by atoms with Crippen LogP contribution in [0.25, 0.3) is 101 Å². The highest BCUT2D eigenvalue weighted by atomic mass is 16.3. The summed E-state index contributed by atoms with van der Waals surface area (Å²) in [5, 5.41) is 2.06. The molecule has 0 saturated heterocycles. The van der Waals surface area contributed by atoms with Crippen molar-refractivity contribution >= 4 is 21.9 Å². The Morgan fingerprint density at radius 1 is 0.255 bits per heavy atom. The summed E-state index contributed by atoms with van der Waals surface area (Å²) in [7, 11) is 0. The van der Waals surface area contributed by atoms with Crippen LogP contribution in [0.3, 0.4) is 0 Å². The van der Waals surface area contributed by atoms with Gasteiger partial charge in [-0.05, 0) is 62.7 Å². The molecule has 8 aromatic carbocycles. The highest BCUT2D eigenvalue weighted by Gasteiger charge is 2.20. The summed E-state index contributed by atoms with van der Waals surface area (Å²) in [6.45, 7) is 0. The topological polar surface area (TPSA) is 51.8 Å². The Morgan fingerprint density at radius 3 is 1.13 bits per heavy atom. The van der Waals surface area contributed by atoms with Crippen LogP contribution in [0.4, 0.5) is 0 Å². The Morgan fingerprint density at radius 2 is 0.636 bits per heavy atom. The molecule has 10 aromatic rings. The first-order valence-corrected chi connectivity index (χ1v) is 18.4. The van der Waals surface area contributed by atoms with E-state index >= 15 is 0 Å². The van der Waals surface area contributed by atoms with Gasteiger partial charge in [-0.2, -0.15) is 0 Å². The van der Waals surface area contributed by atoms with E-state index in [1.165, 1.54) is 5.56 Å². The number of furan rings is 1. The number of rotatable bonds is 7. The summed E-state index contributed by atoms with van der Waals surface area (Å²) >= 11 is 0. The Balaban J connectivity index is 1.16. The van der Waals surface area contributed by atoms with E-state index in [9.17, 15) is 0 Å². The zero-order chi connectivity index (χ0) is 36.6. The van der Waals surface area contributed by atoms with Gasteiger partial charge in [0.15, 0.2) is 17.5 Å². The van der Waals surface area contributed by atoms with E-state index in [1.54, 1.807) is 0 Å². The minimum Gasteiger partial charge on any atom is -0.456 e. The molecule has 0 N–H and O–H groups in total. The summed E-state index contributed by atoms with van der Waals surface area (Å²) in [5.41, 5.74) is 13.3. The second kappa shape index (κ2) is 13.8. The molecule has 0 radical (unpaired) electrons. The van der Waals surface area contributed by atoms with Gasteiger partial charge in [-0.15, -0.1) is 0 Å². The van der Waals surface area contributed by atoms with Crippen LogP contribution in [0.5, 0.6) is 0 Å². The number of hydrogen-bond acceptors (Lipinski definition) is 4. The van der Waals surface area contributed by atoms with Crippen molar-refractivity contribution in [3.8, 4) is 78.7 Å². The van der Waals surface area contributed by atoms with Crippen LogP contribution >= 0.6 is 0 Å². The highest BCUT2D eigenvalue weighted by molar-refractivity contribution is 6.08. The van der Waals surface area contributed by atoms with E-state index in [-0.39, 0.29) is 0 Å². The van der Waals surface area contributed by atoms with Gasteiger partial charge in [-0.1, -0.05) is 182 Å². The molecule has 0 atom stereocenters. The SMILES string of the molecule is c1ccc(-c2ccc(-c3nc(-c4ccc(-c5ccccc5)cc4)nc(-c4cc5c(cc4-c4ccc(-c6ccccc6)cc4)oc4ccccc45)n3)cc2)cc1. The molecule has 2 heterocycles. The van der Waals surface area contributed by atoms with Crippen molar-refractivity contribution < 1.29 is 4.42 Å². The van der Waals surface area contributed by atoms with Gasteiger partial charge >= 0.3 is 0 Å². The van der Waals surface area contributed by atoms with Gasteiger partial charge in [0, 0.05) is 27.5 Å². The molecule has 10 rings (SSSR count). The van der Waals surface area contributed by atoms with Crippen LogP contribution in [-0.4, -0.2) is 15.0 Å². The third-order valence-corrected chi connectivity index (χ3v) is 10.2. The zero-order valence-corrected chi connectivity index (χ0v) is 29.8. The maximum atomic E-state index is 6.43. The van der Waals surface area contributed by atoms with Gasteiger partial charge < -0.3 is 4.42 Å². The summed E-state index contributed by atoms with van der Waals surface area (Å²) in [4.78, 5) is 15.6. The maximum Gasteiger partial charge on any atom is 0.164 e. The lowest BCUT2D eigenvalue weighted by Crippen LogP contribution is -2.01. The van der Waals surface area contributed by atoms with E-state index in [1.807, 2.05) is 36.4 Å². The standard InChI is InChI=1S/C51H33N3O/c1-4-12-34(13-5-1)37-20-26-40(27-21-37)44-33-48-45(43-18-10-11-19-47(43)55-48)32-46(44)51-53-49(41-28-22-38(23-29-41)35-14-6-2-7-15-35)52-50(54-51)42-30-24-39(25-31-42)36-16-8-3-9-17-36/h1-33H. The van der Waals surface area contributed by atoms with Gasteiger partial charge in [0.05, 0.1) is 0 Å². The van der Waals surface area contributed by atoms with Crippen LogP contribution in [-0.2, 0) is 0 Å². The van der Waals surface area contributed by atoms with Crippen molar-refractivity contribution in [3.05, 3.63) is 200 Å². The molecule has 55 heavy (non-hydrogen) atoms. The largest absolute Gasteiger partial charge is 0.456 e. The molecule has 0 fully saturated rings. The van der Waals surface area contributed by atoms with Gasteiger partial charge in [-0.3, -0.25) is 0 Å². The molecule has 4 nitrogen and oxygen atoms in total. The molecule has 4 heteroatoms. The molecule has 0 bridgehead atoms. The Bertz CT molecular complexity index is 2820. The fourth-order valence-electron chi connectivity index (χ4n) is 7.31. The first kappa shape index (κ1) is 32.2. The minimum absolute atomic E-state index is 0.591. The highest BCUT2D eigenvalue weighted by Crippen LogP contribution is 2.40. The maximum absolute atomic E-state index is 6.43. The van der Waals surface area contributed by atoms with Gasteiger partial charge in [0.1, 0.15) is 11.2 Å². The van der Waals surface area contributed by atoms with E-state index in [2.05, 4.69) is 164 Å². The van der Waals surface area contributed by atoms with Crippen molar-refractivity contribution in [2.45, 2.75) is 0 Å². The van der Waals surface area contributed by atoms with Crippen LogP contribution in [0.15, 0.2) is 205 Å². The average Bonchev–Trinajstić information content (AvgIpc) is 3.64. The molecular formula is C51H33N3O. The fourth-order valence-corrected chi connectivity index (χ4v) is 7.31. The molecule has 0 aliphatic carbocycles. The Labute approximate surface area is 319 Å². The van der Waals surface area contributed by atoms with Crippen LogP contribution in [0, 0.1) is 0 Å². The predicted octanol–water partition coefficient (Wildman–Crippen LogP) is 13.4. The lowest BCUT2D eigenvalue weighted by molar-refractivity contribution is 0.669. The van der Waals surface area contributed by atoms with Crippen molar-refractivity contribution in [1.82, 2.24) is 15.0 Å². The third-order valence-electron chi connectivity index (χ3n) is 10.2. The molecule has 0 amide bonds. The molecule has 0 saturated carbocycles. The van der Waals surface area contributed by atoms with Crippen LogP contribution < -0.4 is 0 Å². The number of para-hydroxylation sites is 1. The second-order valence-electron chi connectivity index (χ2n) is 13.6. The first-order chi connectivity index (χ1) is 27.2. The fraction of sp³-hybridized carbons (Fsp3) is 0. The molecule has 0 spiro atoms. The smallest absolute Gasteiger partial charge is 0.164 e. The quantitative estimate of drug-likeness (QED) is 0.166. The predicted molar refractivity (Wildman–Crippen MR) is 225 cm³/mol. The van der Waals surface area contributed by atoms with Crippen molar-refractivity contribution in [2.24, 2.45) is 0 Å². The Hall–Kier alpha value is -7.43. The van der Waals surface area contributed by atoms with Crippen molar-refractivity contribution in [2.75, 3.05) is 0 Å². The lowest BCUT2D eigenvalue weighted by atomic mass is 9.95. The normalized spacial score (nSPS) is 11.3. The number of nitrogens with zero attached hydrogens (tertiary/aromatic N) is 3. The summed E-state index contributed by atoms with van der Waals surface area (Å²) < 4.78 is 6.43. The summed E-state index contributed by atoms with van der Waals surface area (Å²) in [6.07, 6.45) is 0. The summed E-state index contributed by atoms with van der Waals surface area (Å²) in [5.74, 6) is 1.80. The van der Waals surface area contributed by atoms with Crippen LogP contribution in [0.2, 0.25) is 0 Å². The van der Waals surface area contributed by atoms with Gasteiger partial charge in [-0.25, -0.2) is 15.0 Å². The van der Waals surface area contributed by atoms with E-state index in [0.29, 0.717) is 17.5 Å². The summed E-state index contributed by atoms with van der Waals surface area (Å²) in [6, 6.07) is 69.3. The first-order valence-electron chi connectivity index (χ1n) is 18.4. The molecule has 0 aliphatic heterocycles. The second-order valence-corrected chi connectivity index (χ2v) is 13.6. The number of fused-ring (bicyclic) bond motifs is 3. The monoisotopic (exact) mass is 703 g/mol. The van der Waals surface area contributed by atoms with E-state index in [4.69, 9.17) is 19.4 Å². The molecular weight excluding hydrogens is 671 g/mol. The van der Waals surface area contributed by atoms with Crippen molar-refractivity contribution in [1.29, 1.82) is 0 Å². The van der Waals surface area contributed by atoms with E-state index < -0.39 is 0 Å². The molecule has 2 aromatic heterocycles. The number of aromatic nitrogens is 3. The van der Waals surface area contributed by atoms with Gasteiger partial charge in [0.2, 0.25) is 0 Å². The molecule has 0 unspecified atom stereocenters. The van der Waals surface area contributed by atoms with E-state index in [0.717, 1.165) is 77.6 Å². The third kappa shape index (κ3) is 6.26. The lowest BCUT2D eigenvalue weighted by Gasteiger charge is -2.13.